The summed E-state index contributed by atoms with van der Waals surface area (Å²) in [5.41, 5.74) is 1.20. The maximum absolute atomic E-state index is 12.0. The van der Waals surface area contributed by atoms with Gasteiger partial charge in [-0.3, -0.25) is 4.98 Å². The first-order valence-electron chi connectivity index (χ1n) is 7.36. The van der Waals surface area contributed by atoms with Gasteiger partial charge in [-0.25, -0.2) is 13.1 Å². The molecule has 0 aromatic carbocycles. The van der Waals surface area contributed by atoms with E-state index in [4.69, 9.17) is 4.42 Å². The van der Waals surface area contributed by atoms with Crippen LogP contribution in [0.2, 0.25) is 0 Å². The third kappa shape index (κ3) is 3.37. The molecule has 1 aliphatic rings. The highest BCUT2D eigenvalue weighted by Gasteiger charge is 2.22. The maximum atomic E-state index is 12.0. The van der Waals surface area contributed by atoms with Crippen molar-refractivity contribution in [3.05, 3.63) is 48.2 Å². The summed E-state index contributed by atoms with van der Waals surface area (Å²) >= 11 is 0. The summed E-state index contributed by atoms with van der Waals surface area (Å²) in [5.74, 6) is 1.04. The number of aromatic nitrogens is 1. The van der Waals surface area contributed by atoms with Crippen LogP contribution in [0.25, 0.3) is 0 Å². The summed E-state index contributed by atoms with van der Waals surface area (Å²) in [7, 11) is -3.48. The Morgan fingerprint density at radius 2 is 2.23 bits per heavy atom. The number of sulfonamides is 1. The van der Waals surface area contributed by atoms with E-state index >= 15 is 0 Å². The first-order chi connectivity index (χ1) is 10.7. The molecule has 0 saturated heterocycles. The summed E-state index contributed by atoms with van der Waals surface area (Å²) in [6.45, 7) is 0.899. The van der Waals surface area contributed by atoms with Crippen LogP contribution in [-0.2, 0) is 16.4 Å². The first kappa shape index (κ1) is 15.2. The molecule has 2 N–H and O–H groups in total. The van der Waals surface area contributed by atoms with Gasteiger partial charge in [-0.1, -0.05) is 0 Å². The van der Waals surface area contributed by atoms with Crippen molar-refractivity contribution in [2.24, 2.45) is 0 Å². The summed E-state index contributed by atoms with van der Waals surface area (Å²) in [6, 6.07) is 5.37. The summed E-state index contributed by atoms with van der Waals surface area (Å²) in [4.78, 5) is 4.01. The largest absolute Gasteiger partial charge is 0.469 e. The number of furan rings is 1. The summed E-state index contributed by atoms with van der Waals surface area (Å²) in [6.07, 6.45) is 7.71. The third-order valence-electron chi connectivity index (χ3n) is 3.80. The van der Waals surface area contributed by atoms with Crippen LogP contribution >= 0.6 is 0 Å². The zero-order valence-corrected chi connectivity index (χ0v) is 13.0. The molecule has 0 aliphatic heterocycles. The Morgan fingerprint density at radius 1 is 1.32 bits per heavy atom. The van der Waals surface area contributed by atoms with Gasteiger partial charge in [0.25, 0.3) is 0 Å². The molecule has 6 nitrogen and oxygen atoms in total. The molecule has 0 bridgehead atoms. The molecule has 2 aromatic rings. The predicted octanol–water partition coefficient (Wildman–Crippen LogP) is 1.62. The van der Waals surface area contributed by atoms with Gasteiger partial charge >= 0.3 is 0 Å². The van der Waals surface area contributed by atoms with Crippen molar-refractivity contribution >= 4 is 10.0 Å². The van der Waals surface area contributed by atoms with Crippen molar-refractivity contribution in [3.8, 4) is 0 Å². The number of fused-ring (bicyclic) bond motifs is 1. The van der Waals surface area contributed by atoms with Crippen LogP contribution in [-0.4, -0.2) is 26.5 Å². The standard InChI is InChI=1S/C15H19N3O3S/c19-22(20,12-3-2-7-16-11-12)18-9-8-17-14-4-1-5-15-13(14)6-10-21-15/h2-3,6-7,10-11,14,17-18H,1,4-5,8-9H2/t14-/m1/s1. The molecular formula is C15H19N3O3S. The minimum atomic E-state index is -3.48. The Hall–Kier alpha value is -1.70. The Morgan fingerprint density at radius 3 is 3.05 bits per heavy atom. The molecule has 0 radical (unpaired) electrons. The number of aryl methyl sites for hydroxylation is 1. The van der Waals surface area contributed by atoms with Gasteiger partial charge in [-0.15, -0.1) is 0 Å². The number of nitrogens with one attached hydrogen (secondary N) is 2. The van der Waals surface area contributed by atoms with E-state index in [1.54, 1.807) is 18.5 Å². The van der Waals surface area contributed by atoms with Gasteiger partial charge in [-0.05, 0) is 31.0 Å². The highest BCUT2D eigenvalue weighted by molar-refractivity contribution is 7.89. The van der Waals surface area contributed by atoms with Crippen LogP contribution in [0, 0.1) is 0 Å². The number of pyridine rings is 1. The quantitative estimate of drug-likeness (QED) is 0.790. The smallest absolute Gasteiger partial charge is 0.242 e. The van der Waals surface area contributed by atoms with Crippen molar-refractivity contribution in [3.63, 3.8) is 0 Å². The lowest BCUT2D eigenvalue weighted by atomic mass is 9.93. The van der Waals surface area contributed by atoms with Gasteiger partial charge in [0.05, 0.1) is 6.26 Å². The SMILES string of the molecule is O=S(=O)(NCCN[C@@H]1CCCc2occc21)c1cccnc1. The van der Waals surface area contributed by atoms with Gasteiger partial charge < -0.3 is 9.73 Å². The Bertz CT molecular complexity index is 713. The van der Waals surface area contributed by atoms with Gasteiger partial charge in [0.1, 0.15) is 10.7 Å². The van der Waals surface area contributed by atoms with E-state index in [-0.39, 0.29) is 10.9 Å². The molecule has 0 saturated carbocycles. The number of nitrogens with zero attached hydrogens (tertiary/aromatic N) is 1. The lowest BCUT2D eigenvalue weighted by Gasteiger charge is -2.22. The topological polar surface area (TPSA) is 84.2 Å². The molecule has 2 heterocycles. The van der Waals surface area contributed by atoms with Crippen LogP contribution in [0.4, 0.5) is 0 Å². The molecule has 22 heavy (non-hydrogen) atoms. The zero-order valence-electron chi connectivity index (χ0n) is 12.2. The van der Waals surface area contributed by atoms with E-state index in [0.29, 0.717) is 13.1 Å². The van der Waals surface area contributed by atoms with E-state index < -0.39 is 10.0 Å². The van der Waals surface area contributed by atoms with Gasteiger partial charge in [0.15, 0.2) is 0 Å². The number of rotatable bonds is 6. The molecule has 118 valence electrons. The second-order valence-electron chi connectivity index (χ2n) is 5.28. The fourth-order valence-electron chi connectivity index (χ4n) is 2.72. The fourth-order valence-corrected chi connectivity index (χ4v) is 3.71. The van der Waals surface area contributed by atoms with E-state index in [1.165, 1.54) is 17.8 Å². The number of hydrogen-bond donors (Lipinski definition) is 2. The monoisotopic (exact) mass is 321 g/mol. The van der Waals surface area contributed by atoms with Gasteiger partial charge in [0.2, 0.25) is 10.0 Å². The Kier molecular flexibility index (Phi) is 4.56. The van der Waals surface area contributed by atoms with Gasteiger partial charge in [0, 0.05) is 43.5 Å². The maximum Gasteiger partial charge on any atom is 0.242 e. The van der Waals surface area contributed by atoms with Crippen LogP contribution in [0.1, 0.15) is 30.2 Å². The molecule has 0 amide bonds. The molecular weight excluding hydrogens is 302 g/mol. The average molecular weight is 321 g/mol. The lowest BCUT2D eigenvalue weighted by molar-refractivity contribution is 0.413. The molecule has 1 aliphatic carbocycles. The first-order valence-corrected chi connectivity index (χ1v) is 8.84. The van der Waals surface area contributed by atoms with Crippen molar-refractivity contribution in [1.29, 1.82) is 0 Å². The lowest BCUT2D eigenvalue weighted by Crippen LogP contribution is -2.34. The number of hydrogen-bond acceptors (Lipinski definition) is 5. The van der Waals surface area contributed by atoms with Crippen LogP contribution in [0.5, 0.6) is 0 Å². The van der Waals surface area contributed by atoms with E-state index in [2.05, 4.69) is 15.0 Å². The van der Waals surface area contributed by atoms with E-state index in [1.807, 2.05) is 6.07 Å². The Balaban J connectivity index is 1.51. The molecule has 0 spiro atoms. The molecule has 2 aromatic heterocycles. The van der Waals surface area contributed by atoms with Crippen molar-refractivity contribution < 1.29 is 12.8 Å². The van der Waals surface area contributed by atoms with Crippen LogP contribution in [0.3, 0.4) is 0 Å². The molecule has 0 unspecified atom stereocenters. The minimum Gasteiger partial charge on any atom is -0.469 e. The zero-order chi connectivity index (χ0) is 15.4. The average Bonchev–Trinajstić information content (AvgIpc) is 3.02. The fraction of sp³-hybridized carbons (Fsp3) is 0.400. The predicted molar refractivity (Wildman–Crippen MR) is 81.8 cm³/mol. The van der Waals surface area contributed by atoms with E-state index in [0.717, 1.165) is 25.0 Å². The van der Waals surface area contributed by atoms with Crippen molar-refractivity contribution in [2.75, 3.05) is 13.1 Å². The second kappa shape index (κ2) is 6.60. The molecule has 0 fully saturated rings. The normalized spacial score (nSPS) is 18.1. The van der Waals surface area contributed by atoms with Crippen LogP contribution < -0.4 is 10.0 Å². The highest BCUT2D eigenvalue weighted by Crippen LogP contribution is 2.30. The van der Waals surface area contributed by atoms with Gasteiger partial charge in [-0.2, -0.15) is 0 Å². The minimum absolute atomic E-state index is 0.185. The van der Waals surface area contributed by atoms with Crippen molar-refractivity contribution in [1.82, 2.24) is 15.0 Å². The Labute approximate surface area is 130 Å². The molecule has 1 atom stereocenters. The van der Waals surface area contributed by atoms with Crippen LogP contribution in [0.15, 0.2) is 46.2 Å². The molecule has 3 rings (SSSR count). The van der Waals surface area contributed by atoms with E-state index in [9.17, 15) is 8.42 Å². The summed E-state index contributed by atoms with van der Waals surface area (Å²) in [5, 5.41) is 3.39. The third-order valence-corrected chi connectivity index (χ3v) is 5.25. The van der Waals surface area contributed by atoms with Crippen molar-refractivity contribution in [2.45, 2.75) is 30.2 Å². The second-order valence-corrected chi connectivity index (χ2v) is 7.05. The summed E-state index contributed by atoms with van der Waals surface area (Å²) < 4.78 is 32.1. The highest BCUT2D eigenvalue weighted by atomic mass is 32.2. The molecule has 7 heteroatoms.